The number of nitrogens with zero attached hydrogens (tertiary/aromatic N) is 2. The maximum absolute atomic E-state index is 9.90. The van der Waals surface area contributed by atoms with Crippen LogP contribution < -0.4 is 10.5 Å². The first-order valence-corrected chi connectivity index (χ1v) is 9.07. The van der Waals surface area contributed by atoms with Crippen LogP contribution in [0.4, 0.5) is 0 Å². The Balaban J connectivity index is 1.73. The molecule has 1 aliphatic heterocycles. The van der Waals surface area contributed by atoms with Crippen molar-refractivity contribution in [1.82, 2.24) is 4.90 Å². The van der Waals surface area contributed by atoms with Crippen molar-refractivity contribution in [3.05, 3.63) is 27.8 Å². The Morgan fingerprint density at radius 3 is 2.71 bits per heavy atom. The van der Waals surface area contributed by atoms with Crippen molar-refractivity contribution in [2.45, 2.75) is 6.10 Å². The topological polar surface area (TPSA) is 71.1 Å². The summed E-state index contributed by atoms with van der Waals surface area (Å²) >= 11 is 4.16. The average molecular weight is 421 g/mol. The van der Waals surface area contributed by atoms with Gasteiger partial charge in [0, 0.05) is 28.2 Å². The lowest BCUT2D eigenvalue weighted by molar-refractivity contribution is 0.114. The van der Waals surface area contributed by atoms with Gasteiger partial charge in [-0.2, -0.15) is 11.8 Å². The quantitative estimate of drug-likeness (QED) is 0.427. The van der Waals surface area contributed by atoms with Crippen molar-refractivity contribution in [2.75, 3.05) is 37.7 Å². The van der Waals surface area contributed by atoms with Crippen molar-refractivity contribution in [3.63, 3.8) is 0 Å². The number of ether oxygens (including phenoxy) is 1. The van der Waals surface area contributed by atoms with Gasteiger partial charge in [-0.1, -0.05) is 0 Å². The van der Waals surface area contributed by atoms with Crippen molar-refractivity contribution in [1.29, 1.82) is 0 Å². The molecule has 1 saturated heterocycles. The predicted octanol–water partition coefficient (Wildman–Crippen LogP) is 1.39. The van der Waals surface area contributed by atoms with Gasteiger partial charge in [0.05, 0.1) is 6.54 Å². The fourth-order valence-electron chi connectivity index (χ4n) is 1.87. The van der Waals surface area contributed by atoms with E-state index in [1.807, 2.05) is 36.0 Å². The minimum atomic E-state index is -0.651. The summed E-state index contributed by atoms with van der Waals surface area (Å²) in [4.78, 5) is 6.31. The zero-order chi connectivity index (χ0) is 15.1. The third-order valence-electron chi connectivity index (χ3n) is 3.06. The number of nitrogens with two attached hydrogens (primary N) is 1. The van der Waals surface area contributed by atoms with Crippen molar-refractivity contribution < 1.29 is 9.84 Å². The molecule has 0 radical (unpaired) electrons. The average Bonchev–Trinajstić information content (AvgIpc) is 2.53. The van der Waals surface area contributed by atoms with Gasteiger partial charge in [-0.05, 0) is 46.9 Å². The Bertz CT molecular complexity index is 464. The van der Waals surface area contributed by atoms with Gasteiger partial charge >= 0.3 is 0 Å². The number of aliphatic hydroxyl groups excluding tert-OH is 1. The van der Waals surface area contributed by atoms with Crippen molar-refractivity contribution in [3.8, 4) is 5.75 Å². The van der Waals surface area contributed by atoms with Crippen molar-refractivity contribution in [2.24, 2.45) is 10.7 Å². The molecule has 0 aliphatic carbocycles. The van der Waals surface area contributed by atoms with Crippen LogP contribution in [0.15, 0.2) is 29.3 Å². The molecule has 3 N–H and O–H groups in total. The molecule has 7 heteroatoms. The van der Waals surface area contributed by atoms with E-state index in [2.05, 4.69) is 32.5 Å². The molecule has 1 aromatic rings. The molecule has 21 heavy (non-hydrogen) atoms. The SMILES string of the molecule is NC(=NCC(O)COc1ccc(I)cc1)N1CCSCC1. The van der Waals surface area contributed by atoms with E-state index in [-0.39, 0.29) is 13.2 Å². The molecular weight excluding hydrogens is 401 g/mol. The molecule has 0 spiro atoms. The highest BCUT2D eigenvalue weighted by atomic mass is 127. The summed E-state index contributed by atoms with van der Waals surface area (Å²) in [6, 6.07) is 7.70. The van der Waals surface area contributed by atoms with Gasteiger partial charge in [-0.25, -0.2) is 0 Å². The monoisotopic (exact) mass is 421 g/mol. The van der Waals surface area contributed by atoms with Gasteiger partial charge in [-0.15, -0.1) is 0 Å². The van der Waals surface area contributed by atoms with Crippen LogP contribution in [0.1, 0.15) is 0 Å². The van der Waals surface area contributed by atoms with Gasteiger partial charge in [-0.3, -0.25) is 4.99 Å². The van der Waals surface area contributed by atoms with Crippen LogP contribution in [0, 0.1) is 3.57 Å². The van der Waals surface area contributed by atoms with E-state index in [9.17, 15) is 5.11 Å². The molecule has 1 aliphatic rings. The summed E-state index contributed by atoms with van der Waals surface area (Å²) in [6.07, 6.45) is -0.651. The number of benzene rings is 1. The second-order valence-corrected chi connectivity index (χ2v) is 7.19. The maximum atomic E-state index is 9.90. The number of aliphatic hydroxyl groups is 1. The first-order valence-electron chi connectivity index (χ1n) is 6.84. The maximum Gasteiger partial charge on any atom is 0.191 e. The summed E-state index contributed by atoms with van der Waals surface area (Å²) in [5.74, 6) is 3.42. The van der Waals surface area contributed by atoms with Crippen LogP contribution in [-0.2, 0) is 0 Å². The summed E-state index contributed by atoms with van der Waals surface area (Å²) < 4.78 is 6.67. The first kappa shape index (κ1) is 16.7. The molecule has 1 heterocycles. The molecule has 0 saturated carbocycles. The summed E-state index contributed by atoms with van der Waals surface area (Å²) in [5.41, 5.74) is 5.93. The highest BCUT2D eigenvalue weighted by Gasteiger charge is 2.13. The predicted molar refractivity (Wildman–Crippen MR) is 96.0 cm³/mol. The number of hydrogen-bond donors (Lipinski definition) is 2. The Morgan fingerprint density at radius 1 is 1.38 bits per heavy atom. The van der Waals surface area contributed by atoms with Gasteiger partial charge in [0.25, 0.3) is 0 Å². The van der Waals surface area contributed by atoms with E-state index in [4.69, 9.17) is 10.5 Å². The minimum absolute atomic E-state index is 0.216. The molecule has 0 amide bonds. The fraction of sp³-hybridized carbons (Fsp3) is 0.500. The van der Waals surface area contributed by atoms with E-state index in [0.717, 1.165) is 33.9 Å². The zero-order valence-electron chi connectivity index (χ0n) is 11.7. The van der Waals surface area contributed by atoms with Crippen LogP contribution in [0.25, 0.3) is 0 Å². The van der Waals surface area contributed by atoms with Gasteiger partial charge in [0.2, 0.25) is 0 Å². The Labute approximate surface area is 143 Å². The van der Waals surface area contributed by atoms with E-state index in [1.165, 1.54) is 0 Å². The van der Waals surface area contributed by atoms with Crippen LogP contribution in [0.3, 0.4) is 0 Å². The third kappa shape index (κ3) is 5.91. The van der Waals surface area contributed by atoms with Crippen LogP contribution in [-0.4, -0.2) is 59.8 Å². The lowest BCUT2D eigenvalue weighted by atomic mass is 10.3. The molecular formula is C14H20IN3O2S. The lowest BCUT2D eigenvalue weighted by Gasteiger charge is -2.27. The Hall–Kier alpha value is -0.670. The number of halogens is 1. The molecule has 1 atom stereocenters. The van der Waals surface area contributed by atoms with Crippen molar-refractivity contribution >= 4 is 40.3 Å². The van der Waals surface area contributed by atoms with Crippen LogP contribution in [0.5, 0.6) is 5.75 Å². The zero-order valence-corrected chi connectivity index (χ0v) is 14.7. The molecule has 1 aromatic carbocycles. The largest absolute Gasteiger partial charge is 0.491 e. The lowest BCUT2D eigenvalue weighted by Crippen LogP contribution is -2.43. The fourth-order valence-corrected chi connectivity index (χ4v) is 3.13. The number of thioether (sulfide) groups is 1. The summed E-state index contributed by atoms with van der Waals surface area (Å²) in [7, 11) is 0. The second kappa shape index (κ2) is 8.70. The molecule has 1 unspecified atom stereocenters. The normalized spacial score (nSPS) is 17.6. The van der Waals surface area contributed by atoms with E-state index < -0.39 is 6.10 Å². The molecule has 0 bridgehead atoms. The van der Waals surface area contributed by atoms with E-state index in [0.29, 0.717) is 5.96 Å². The van der Waals surface area contributed by atoms with Gasteiger partial charge in [0.1, 0.15) is 18.5 Å². The number of rotatable bonds is 5. The highest BCUT2D eigenvalue weighted by Crippen LogP contribution is 2.13. The minimum Gasteiger partial charge on any atom is -0.491 e. The van der Waals surface area contributed by atoms with E-state index >= 15 is 0 Å². The van der Waals surface area contributed by atoms with Gasteiger partial charge < -0.3 is 20.5 Å². The number of hydrogen-bond acceptors (Lipinski definition) is 4. The third-order valence-corrected chi connectivity index (χ3v) is 4.72. The van der Waals surface area contributed by atoms with E-state index in [1.54, 1.807) is 0 Å². The smallest absolute Gasteiger partial charge is 0.191 e. The summed E-state index contributed by atoms with van der Waals surface area (Å²) in [6.45, 7) is 2.33. The van der Waals surface area contributed by atoms with Crippen LogP contribution in [0.2, 0.25) is 0 Å². The molecule has 0 aromatic heterocycles. The Kier molecular flexibility index (Phi) is 6.91. The summed E-state index contributed by atoms with van der Waals surface area (Å²) in [5, 5.41) is 9.90. The number of guanidine groups is 1. The van der Waals surface area contributed by atoms with Crippen LogP contribution >= 0.6 is 34.4 Å². The van der Waals surface area contributed by atoms with Gasteiger partial charge in [0.15, 0.2) is 5.96 Å². The second-order valence-electron chi connectivity index (χ2n) is 4.72. The molecule has 5 nitrogen and oxygen atoms in total. The first-order chi connectivity index (χ1) is 10.1. The number of aliphatic imine (C=N–C) groups is 1. The molecule has 1 fully saturated rings. The highest BCUT2D eigenvalue weighted by molar-refractivity contribution is 14.1. The Morgan fingerprint density at radius 2 is 2.05 bits per heavy atom. The molecule has 116 valence electrons. The molecule has 2 rings (SSSR count). The standard InChI is InChI=1S/C14H20IN3O2S/c15-11-1-3-13(4-2-11)20-10-12(19)9-17-14(16)18-5-7-21-8-6-18/h1-4,12,19H,5-10H2,(H2,16,17).